The van der Waals surface area contributed by atoms with Gasteiger partial charge < -0.3 is 9.88 Å². The second-order valence-electron chi connectivity index (χ2n) is 7.97. The molecule has 0 aromatic carbocycles. The van der Waals surface area contributed by atoms with Crippen LogP contribution in [0.1, 0.15) is 56.3 Å². The fraction of sp³-hybridized carbons (Fsp3) is 0.588. The second-order valence-corrected chi connectivity index (χ2v) is 8.97. The van der Waals surface area contributed by atoms with Crippen LogP contribution in [0, 0.1) is 12.3 Å². The third-order valence-corrected chi connectivity index (χ3v) is 4.84. The number of aromatic nitrogens is 2. The van der Waals surface area contributed by atoms with Crippen LogP contribution >= 0.6 is 11.3 Å². The maximum Gasteiger partial charge on any atom is 0.262 e. The molecule has 1 amide bonds. The second kappa shape index (κ2) is 5.74. The van der Waals surface area contributed by atoms with Gasteiger partial charge in [0.1, 0.15) is 4.83 Å². The normalized spacial score (nSPS) is 12.7. The van der Waals surface area contributed by atoms with Crippen LogP contribution in [0.2, 0.25) is 0 Å². The molecule has 23 heavy (non-hydrogen) atoms. The van der Waals surface area contributed by atoms with E-state index in [-0.39, 0.29) is 22.4 Å². The molecule has 0 saturated heterocycles. The van der Waals surface area contributed by atoms with E-state index in [1.165, 1.54) is 22.2 Å². The third kappa shape index (κ3) is 3.80. The van der Waals surface area contributed by atoms with Crippen molar-refractivity contribution in [3.05, 3.63) is 27.1 Å². The van der Waals surface area contributed by atoms with Crippen LogP contribution in [-0.4, -0.2) is 21.0 Å². The number of aryl methyl sites for hydroxylation is 2. The van der Waals surface area contributed by atoms with Gasteiger partial charge in [0.25, 0.3) is 11.5 Å². The first-order valence-electron chi connectivity index (χ1n) is 7.68. The highest BCUT2D eigenvalue weighted by Gasteiger charge is 2.29. The fourth-order valence-electron chi connectivity index (χ4n) is 3.16. The van der Waals surface area contributed by atoms with Crippen molar-refractivity contribution in [1.82, 2.24) is 14.9 Å². The summed E-state index contributed by atoms with van der Waals surface area (Å²) in [6.45, 7) is 12.3. The predicted molar refractivity (Wildman–Crippen MR) is 95.2 cm³/mol. The van der Waals surface area contributed by atoms with E-state index >= 15 is 0 Å². The molecule has 0 saturated carbocycles. The summed E-state index contributed by atoms with van der Waals surface area (Å²) in [7, 11) is 1.66. The van der Waals surface area contributed by atoms with Gasteiger partial charge in [-0.05, 0) is 38.2 Å². The van der Waals surface area contributed by atoms with Crippen LogP contribution in [0.3, 0.4) is 0 Å². The van der Waals surface area contributed by atoms with Gasteiger partial charge in [0, 0.05) is 12.6 Å². The summed E-state index contributed by atoms with van der Waals surface area (Å²) in [6.07, 6.45) is 2.35. The van der Waals surface area contributed by atoms with Crippen molar-refractivity contribution in [2.24, 2.45) is 12.5 Å². The molecule has 0 unspecified atom stereocenters. The van der Waals surface area contributed by atoms with Gasteiger partial charge >= 0.3 is 0 Å². The molecule has 0 fully saturated rings. The van der Waals surface area contributed by atoms with Crippen LogP contribution in [0.15, 0.2) is 11.1 Å². The standard InChI is InChI=1S/C17H25N3O2S/c1-10-11-14(18-9-20(7)15(11)22)23-12(10)13(21)19-17(5,6)8-16(2,3)4/h9H,8H2,1-7H3,(H,19,21). The van der Waals surface area contributed by atoms with Crippen LogP contribution in [-0.2, 0) is 7.05 Å². The lowest BCUT2D eigenvalue weighted by molar-refractivity contribution is 0.0895. The highest BCUT2D eigenvalue weighted by molar-refractivity contribution is 7.20. The fourth-order valence-corrected chi connectivity index (χ4v) is 4.19. The quantitative estimate of drug-likeness (QED) is 0.936. The molecule has 0 radical (unpaired) electrons. The molecule has 5 nitrogen and oxygen atoms in total. The van der Waals surface area contributed by atoms with E-state index in [0.29, 0.717) is 20.7 Å². The maximum atomic E-state index is 12.7. The zero-order valence-corrected chi connectivity index (χ0v) is 15.7. The van der Waals surface area contributed by atoms with Crippen molar-refractivity contribution in [3.8, 4) is 0 Å². The van der Waals surface area contributed by atoms with Gasteiger partial charge in [-0.1, -0.05) is 20.8 Å². The first kappa shape index (κ1) is 17.7. The lowest BCUT2D eigenvalue weighted by Crippen LogP contribution is -2.45. The van der Waals surface area contributed by atoms with Crippen molar-refractivity contribution in [2.75, 3.05) is 0 Å². The van der Waals surface area contributed by atoms with Crippen LogP contribution in [0.25, 0.3) is 10.2 Å². The largest absolute Gasteiger partial charge is 0.346 e. The number of carbonyl (C=O) groups excluding carboxylic acids is 1. The van der Waals surface area contributed by atoms with Gasteiger partial charge in [-0.2, -0.15) is 0 Å². The Kier molecular flexibility index (Phi) is 4.41. The van der Waals surface area contributed by atoms with Gasteiger partial charge in [0.05, 0.1) is 16.6 Å². The number of nitrogens with one attached hydrogen (secondary N) is 1. The number of fused-ring (bicyclic) bond motifs is 1. The van der Waals surface area contributed by atoms with Gasteiger partial charge in [0.2, 0.25) is 0 Å². The molecule has 0 aliphatic rings. The first-order chi connectivity index (χ1) is 10.4. The van der Waals surface area contributed by atoms with E-state index in [0.717, 1.165) is 6.42 Å². The Hall–Kier alpha value is -1.69. The Morgan fingerprint density at radius 1 is 1.30 bits per heavy atom. The number of hydrogen-bond acceptors (Lipinski definition) is 4. The molecular weight excluding hydrogens is 310 g/mol. The molecular formula is C17H25N3O2S. The average molecular weight is 335 g/mol. The molecule has 0 bridgehead atoms. The summed E-state index contributed by atoms with van der Waals surface area (Å²) in [5, 5.41) is 3.64. The van der Waals surface area contributed by atoms with Crippen molar-refractivity contribution >= 4 is 27.5 Å². The minimum atomic E-state index is -0.323. The molecule has 2 aromatic heterocycles. The lowest BCUT2D eigenvalue weighted by atomic mass is 9.82. The monoisotopic (exact) mass is 335 g/mol. The number of hydrogen-bond donors (Lipinski definition) is 1. The molecule has 2 aromatic rings. The van der Waals surface area contributed by atoms with E-state index in [9.17, 15) is 9.59 Å². The molecule has 2 heterocycles. The van der Waals surface area contributed by atoms with E-state index in [4.69, 9.17) is 0 Å². The van der Waals surface area contributed by atoms with E-state index in [1.54, 1.807) is 7.05 Å². The summed E-state index contributed by atoms with van der Waals surface area (Å²) in [5.74, 6) is -0.137. The smallest absolute Gasteiger partial charge is 0.262 e. The predicted octanol–water partition coefficient (Wildman–Crippen LogP) is 3.25. The van der Waals surface area contributed by atoms with Gasteiger partial charge in [-0.3, -0.25) is 9.59 Å². The van der Waals surface area contributed by atoms with E-state index in [1.807, 2.05) is 20.8 Å². The summed E-state index contributed by atoms with van der Waals surface area (Å²) in [4.78, 5) is 30.4. The van der Waals surface area contributed by atoms with Crippen LogP contribution in [0.4, 0.5) is 0 Å². The highest BCUT2D eigenvalue weighted by atomic mass is 32.1. The first-order valence-corrected chi connectivity index (χ1v) is 8.50. The van der Waals surface area contributed by atoms with Gasteiger partial charge in [0.15, 0.2) is 0 Å². The molecule has 1 N–H and O–H groups in total. The Morgan fingerprint density at radius 3 is 2.48 bits per heavy atom. The Labute approximate surface area is 140 Å². The minimum absolute atomic E-state index is 0.114. The van der Waals surface area contributed by atoms with Crippen LogP contribution in [0.5, 0.6) is 0 Å². The van der Waals surface area contributed by atoms with Crippen molar-refractivity contribution < 1.29 is 4.79 Å². The topological polar surface area (TPSA) is 64.0 Å². The van der Waals surface area contributed by atoms with Gasteiger partial charge in [-0.15, -0.1) is 11.3 Å². The summed E-state index contributed by atoms with van der Waals surface area (Å²) in [6, 6.07) is 0. The zero-order valence-electron chi connectivity index (χ0n) is 14.9. The van der Waals surface area contributed by atoms with E-state index < -0.39 is 0 Å². The number of carbonyl (C=O) groups is 1. The molecule has 0 aliphatic heterocycles. The average Bonchev–Trinajstić information content (AvgIpc) is 2.68. The Morgan fingerprint density at radius 2 is 1.91 bits per heavy atom. The Bertz CT molecular complexity index is 810. The van der Waals surface area contributed by atoms with E-state index in [2.05, 4.69) is 31.1 Å². The molecule has 6 heteroatoms. The molecule has 126 valence electrons. The molecule has 0 spiro atoms. The van der Waals surface area contributed by atoms with Crippen LogP contribution < -0.4 is 10.9 Å². The lowest BCUT2D eigenvalue weighted by Gasteiger charge is -2.33. The number of nitrogens with zero attached hydrogens (tertiary/aromatic N) is 2. The number of rotatable bonds is 3. The van der Waals surface area contributed by atoms with Crippen molar-refractivity contribution in [3.63, 3.8) is 0 Å². The zero-order chi connectivity index (χ0) is 17.6. The molecule has 0 atom stereocenters. The summed E-state index contributed by atoms with van der Waals surface area (Å²) in [5.41, 5.74) is 0.388. The number of thiophene rings is 1. The van der Waals surface area contributed by atoms with Crippen molar-refractivity contribution in [2.45, 2.75) is 53.5 Å². The van der Waals surface area contributed by atoms with Gasteiger partial charge in [-0.25, -0.2) is 4.98 Å². The van der Waals surface area contributed by atoms with Crippen molar-refractivity contribution in [1.29, 1.82) is 0 Å². The summed E-state index contributed by atoms with van der Waals surface area (Å²) >= 11 is 1.28. The maximum absolute atomic E-state index is 12.7. The Balaban J connectivity index is 2.38. The number of amides is 1. The highest BCUT2D eigenvalue weighted by Crippen LogP contribution is 2.30. The minimum Gasteiger partial charge on any atom is -0.346 e. The third-order valence-electron chi connectivity index (χ3n) is 3.64. The molecule has 2 rings (SSSR count). The molecule has 0 aliphatic carbocycles. The SMILES string of the molecule is Cc1c(C(=O)NC(C)(C)CC(C)(C)C)sc2ncn(C)c(=O)c12. The summed E-state index contributed by atoms with van der Waals surface area (Å²) < 4.78 is 1.44.